The molecule has 0 rings (SSSR count). The number of hydrogen-bond acceptors (Lipinski definition) is 2. The van der Waals surface area contributed by atoms with E-state index in [1.807, 2.05) is 0 Å². The summed E-state index contributed by atoms with van der Waals surface area (Å²) < 4.78 is 5.05. The summed E-state index contributed by atoms with van der Waals surface area (Å²) in [6.45, 7) is 2.06. The van der Waals surface area contributed by atoms with Crippen molar-refractivity contribution >= 4 is 0 Å². The van der Waals surface area contributed by atoms with Gasteiger partial charge in [0.1, 0.15) is 0 Å². The van der Waals surface area contributed by atoms with Gasteiger partial charge in [-0.1, -0.05) is 6.92 Å². The quantitative estimate of drug-likeness (QED) is 0.576. The summed E-state index contributed by atoms with van der Waals surface area (Å²) in [4.78, 5) is 0. The normalized spacial score (nSPS) is 12.6. The first-order valence-electron chi connectivity index (χ1n) is 3.24. The van der Waals surface area contributed by atoms with E-state index >= 15 is 0 Å². The molecule has 0 saturated carbocycles. The fourth-order valence-electron chi connectivity index (χ4n) is 0.714. The van der Waals surface area contributed by atoms with Crippen LogP contribution < -0.4 is 0 Å². The van der Waals surface area contributed by atoms with Crippen molar-refractivity contribution in [1.29, 1.82) is 5.26 Å². The van der Waals surface area contributed by atoms with Crippen molar-refractivity contribution in [2.45, 2.75) is 32.3 Å². The maximum atomic E-state index is 8.20. The predicted octanol–water partition coefficient (Wildman–Crippen LogP) is 1.72. The first-order valence-corrected chi connectivity index (χ1v) is 3.24. The highest BCUT2D eigenvalue weighted by atomic mass is 16.5. The van der Waals surface area contributed by atoms with E-state index in [4.69, 9.17) is 10.00 Å². The van der Waals surface area contributed by atoms with Gasteiger partial charge in [-0.3, -0.25) is 0 Å². The van der Waals surface area contributed by atoms with Gasteiger partial charge in [0.15, 0.2) is 0 Å². The molecule has 0 spiro atoms. The fourth-order valence-corrected chi connectivity index (χ4v) is 0.714. The molecule has 0 N–H and O–H groups in total. The molecule has 1 unspecified atom stereocenters. The van der Waals surface area contributed by atoms with Gasteiger partial charge in [0.2, 0.25) is 0 Å². The van der Waals surface area contributed by atoms with Crippen molar-refractivity contribution in [2.24, 2.45) is 0 Å². The minimum absolute atomic E-state index is 0.282. The largest absolute Gasteiger partial charge is 0.381 e. The van der Waals surface area contributed by atoms with Gasteiger partial charge in [-0.2, -0.15) is 5.26 Å². The van der Waals surface area contributed by atoms with Gasteiger partial charge < -0.3 is 4.74 Å². The van der Waals surface area contributed by atoms with Crippen molar-refractivity contribution < 1.29 is 4.74 Å². The summed E-state index contributed by atoms with van der Waals surface area (Å²) in [6.07, 6.45) is 2.75. The van der Waals surface area contributed by atoms with Gasteiger partial charge in [-0.25, -0.2) is 0 Å². The smallest absolute Gasteiger partial charge is 0.0622 e. The molecule has 0 aromatic carbocycles. The molecule has 52 valence electrons. The second kappa shape index (κ2) is 5.58. The van der Waals surface area contributed by atoms with Gasteiger partial charge >= 0.3 is 0 Å². The van der Waals surface area contributed by atoms with Crippen LogP contribution in [0.15, 0.2) is 0 Å². The third kappa shape index (κ3) is 3.99. The molecular weight excluding hydrogens is 114 g/mol. The highest BCUT2D eigenvalue weighted by molar-refractivity contribution is 4.71. The third-order valence-corrected chi connectivity index (χ3v) is 1.37. The Morgan fingerprint density at radius 2 is 2.33 bits per heavy atom. The van der Waals surface area contributed by atoms with Crippen LogP contribution in [0.2, 0.25) is 0 Å². The van der Waals surface area contributed by atoms with Gasteiger partial charge in [-0.05, 0) is 12.8 Å². The molecule has 0 aromatic rings. The van der Waals surface area contributed by atoms with Crippen molar-refractivity contribution in [3.8, 4) is 6.07 Å². The number of methoxy groups -OCH3 is 1. The summed E-state index contributed by atoms with van der Waals surface area (Å²) in [7, 11) is 1.69. The lowest BCUT2D eigenvalue weighted by molar-refractivity contribution is 0.0934. The lowest BCUT2D eigenvalue weighted by atomic mass is 10.2. The van der Waals surface area contributed by atoms with Crippen molar-refractivity contribution in [3.05, 3.63) is 0 Å². The first kappa shape index (κ1) is 8.45. The number of nitriles is 1. The van der Waals surface area contributed by atoms with Gasteiger partial charge in [-0.15, -0.1) is 0 Å². The monoisotopic (exact) mass is 127 g/mol. The average Bonchev–Trinajstić information content (AvgIpc) is 1.91. The Morgan fingerprint density at radius 1 is 1.67 bits per heavy atom. The number of nitrogens with zero attached hydrogens (tertiary/aromatic N) is 1. The Hall–Kier alpha value is -0.550. The summed E-state index contributed by atoms with van der Waals surface area (Å²) in [5.41, 5.74) is 0. The Kier molecular flexibility index (Phi) is 5.24. The van der Waals surface area contributed by atoms with Gasteiger partial charge in [0.05, 0.1) is 12.2 Å². The first-order chi connectivity index (χ1) is 4.35. The molecule has 9 heavy (non-hydrogen) atoms. The number of hydrogen-bond donors (Lipinski definition) is 0. The topological polar surface area (TPSA) is 33.0 Å². The second-order valence-corrected chi connectivity index (χ2v) is 1.96. The Balaban J connectivity index is 3.22. The molecule has 0 aliphatic heterocycles. The number of rotatable bonds is 4. The predicted molar refractivity (Wildman–Crippen MR) is 35.9 cm³/mol. The van der Waals surface area contributed by atoms with E-state index < -0.39 is 0 Å². The van der Waals surface area contributed by atoms with Crippen LogP contribution in [0.5, 0.6) is 0 Å². The summed E-state index contributed by atoms with van der Waals surface area (Å²) in [5.74, 6) is 0. The molecule has 0 heterocycles. The highest BCUT2D eigenvalue weighted by Crippen LogP contribution is 2.03. The summed E-state index contributed by atoms with van der Waals surface area (Å²) in [5, 5.41) is 8.20. The fraction of sp³-hybridized carbons (Fsp3) is 0.857. The molecular formula is C7H13NO. The van der Waals surface area contributed by atoms with E-state index in [9.17, 15) is 0 Å². The second-order valence-electron chi connectivity index (χ2n) is 1.96. The van der Waals surface area contributed by atoms with E-state index in [2.05, 4.69) is 13.0 Å². The van der Waals surface area contributed by atoms with Crippen molar-refractivity contribution in [1.82, 2.24) is 0 Å². The minimum atomic E-state index is 0.282. The maximum absolute atomic E-state index is 8.20. The van der Waals surface area contributed by atoms with Crippen LogP contribution in [-0.4, -0.2) is 13.2 Å². The number of ether oxygens (including phenoxy) is 1. The highest BCUT2D eigenvalue weighted by Gasteiger charge is 2.01. The molecule has 0 aliphatic rings. The van der Waals surface area contributed by atoms with Crippen LogP contribution in [0, 0.1) is 11.3 Å². The SMILES string of the molecule is CCC(CCC#N)OC. The van der Waals surface area contributed by atoms with Crippen LogP contribution in [0.4, 0.5) is 0 Å². The molecule has 0 bridgehead atoms. The van der Waals surface area contributed by atoms with E-state index in [1.54, 1.807) is 7.11 Å². The van der Waals surface area contributed by atoms with E-state index in [1.165, 1.54) is 0 Å². The standard InChI is InChI=1S/C7H13NO/c1-3-7(9-2)5-4-6-8/h7H,3-5H2,1-2H3. The molecule has 0 aliphatic carbocycles. The van der Waals surface area contributed by atoms with E-state index in [0.717, 1.165) is 12.8 Å². The minimum Gasteiger partial charge on any atom is -0.381 e. The lowest BCUT2D eigenvalue weighted by Gasteiger charge is -2.08. The molecule has 2 heteroatoms. The van der Waals surface area contributed by atoms with Gasteiger partial charge in [0.25, 0.3) is 0 Å². The molecule has 0 amide bonds. The van der Waals surface area contributed by atoms with E-state index in [-0.39, 0.29) is 6.10 Å². The Bertz CT molecular complexity index is 91.6. The third-order valence-electron chi connectivity index (χ3n) is 1.37. The maximum Gasteiger partial charge on any atom is 0.0622 e. The van der Waals surface area contributed by atoms with Gasteiger partial charge in [0, 0.05) is 13.5 Å². The molecule has 1 atom stereocenters. The Labute approximate surface area is 56.4 Å². The molecule has 0 radical (unpaired) electrons. The van der Waals surface area contributed by atoms with Crippen LogP contribution >= 0.6 is 0 Å². The molecule has 0 saturated heterocycles. The van der Waals surface area contributed by atoms with E-state index in [0.29, 0.717) is 6.42 Å². The zero-order chi connectivity index (χ0) is 7.11. The van der Waals surface area contributed by atoms with Crippen LogP contribution in [-0.2, 0) is 4.74 Å². The molecule has 0 aromatic heterocycles. The average molecular weight is 127 g/mol. The summed E-state index contributed by atoms with van der Waals surface area (Å²) in [6, 6.07) is 2.09. The summed E-state index contributed by atoms with van der Waals surface area (Å²) >= 11 is 0. The van der Waals surface area contributed by atoms with Crippen molar-refractivity contribution in [2.75, 3.05) is 7.11 Å². The molecule has 0 fully saturated rings. The van der Waals surface area contributed by atoms with Crippen LogP contribution in [0.1, 0.15) is 26.2 Å². The van der Waals surface area contributed by atoms with Crippen LogP contribution in [0.3, 0.4) is 0 Å². The van der Waals surface area contributed by atoms with Crippen molar-refractivity contribution in [3.63, 3.8) is 0 Å². The zero-order valence-corrected chi connectivity index (χ0v) is 6.05. The Morgan fingerprint density at radius 3 is 2.67 bits per heavy atom. The lowest BCUT2D eigenvalue weighted by Crippen LogP contribution is -2.07. The molecule has 2 nitrogen and oxygen atoms in total. The zero-order valence-electron chi connectivity index (χ0n) is 6.05. The van der Waals surface area contributed by atoms with Crippen LogP contribution in [0.25, 0.3) is 0 Å².